The lowest BCUT2D eigenvalue weighted by Gasteiger charge is -2.29. The monoisotopic (exact) mass is 272 g/mol. The van der Waals surface area contributed by atoms with E-state index in [0.717, 1.165) is 12.8 Å². The number of aryl methyl sites for hydroxylation is 2. The van der Waals surface area contributed by atoms with Crippen LogP contribution < -0.4 is 10.5 Å². The zero-order chi connectivity index (χ0) is 13.6. The van der Waals surface area contributed by atoms with E-state index < -0.39 is 15.6 Å². The zero-order valence-electron chi connectivity index (χ0n) is 10.9. The molecule has 2 rings (SSSR count). The molecule has 1 fully saturated rings. The van der Waals surface area contributed by atoms with Crippen LogP contribution in [0.25, 0.3) is 0 Å². The summed E-state index contributed by atoms with van der Waals surface area (Å²) in [5.41, 5.74) is 6.21. The SMILES string of the molecule is Cc1n[nH]c(C)c1S(=O)(=O)NC(C)(CN)C1CC1. The van der Waals surface area contributed by atoms with Gasteiger partial charge in [0.2, 0.25) is 10.0 Å². The van der Waals surface area contributed by atoms with Crippen molar-refractivity contribution >= 4 is 10.0 Å². The number of hydrogen-bond donors (Lipinski definition) is 3. The summed E-state index contributed by atoms with van der Waals surface area (Å²) < 4.78 is 27.6. The van der Waals surface area contributed by atoms with E-state index in [4.69, 9.17) is 5.73 Å². The number of aromatic amines is 1. The van der Waals surface area contributed by atoms with Gasteiger partial charge in [0.15, 0.2) is 0 Å². The summed E-state index contributed by atoms with van der Waals surface area (Å²) in [6.07, 6.45) is 2.05. The van der Waals surface area contributed by atoms with Crippen LogP contribution in [0.15, 0.2) is 4.90 Å². The van der Waals surface area contributed by atoms with Gasteiger partial charge in [-0.2, -0.15) is 5.10 Å². The van der Waals surface area contributed by atoms with Crippen LogP contribution in [-0.4, -0.2) is 30.7 Å². The topological polar surface area (TPSA) is 101 Å². The Morgan fingerprint density at radius 3 is 2.50 bits per heavy atom. The van der Waals surface area contributed by atoms with E-state index in [-0.39, 0.29) is 4.90 Å². The summed E-state index contributed by atoms with van der Waals surface area (Å²) in [5.74, 6) is 0.338. The summed E-state index contributed by atoms with van der Waals surface area (Å²) in [4.78, 5) is 0.239. The van der Waals surface area contributed by atoms with Gasteiger partial charge in [-0.3, -0.25) is 5.10 Å². The van der Waals surface area contributed by atoms with Crippen molar-refractivity contribution in [3.63, 3.8) is 0 Å². The Kier molecular flexibility index (Phi) is 3.25. The highest BCUT2D eigenvalue weighted by molar-refractivity contribution is 7.89. The second-order valence-electron chi connectivity index (χ2n) is 5.26. The van der Waals surface area contributed by atoms with Crippen molar-refractivity contribution in [2.45, 2.75) is 44.0 Å². The third-order valence-electron chi connectivity index (χ3n) is 3.60. The standard InChI is InChI=1S/C11H20N4O2S/c1-7-10(8(2)14-13-7)18(16,17)15-11(3,6-12)9-4-5-9/h9,15H,4-6,12H2,1-3H3,(H,13,14). The number of rotatable bonds is 5. The molecule has 102 valence electrons. The fourth-order valence-corrected chi connectivity index (χ4v) is 4.16. The van der Waals surface area contributed by atoms with Crippen molar-refractivity contribution in [1.82, 2.24) is 14.9 Å². The first kappa shape index (κ1) is 13.5. The van der Waals surface area contributed by atoms with E-state index >= 15 is 0 Å². The quantitative estimate of drug-likeness (QED) is 0.723. The molecule has 0 saturated heterocycles. The minimum Gasteiger partial charge on any atom is -0.329 e. The van der Waals surface area contributed by atoms with E-state index in [9.17, 15) is 8.42 Å². The Hall–Kier alpha value is -0.920. The van der Waals surface area contributed by atoms with Crippen molar-refractivity contribution in [2.75, 3.05) is 6.54 Å². The molecule has 0 radical (unpaired) electrons. The average molecular weight is 272 g/mol. The van der Waals surface area contributed by atoms with Crippen LogP contribution in [0.4, 0.5) is 0 Å². The van der Waals surface area contributed by atoms with Crippen LogP contribution in [0, 0.1) is 19.8 Å². The molecule has 4 N–H and O–H groups in total. The van der Waals surface area contributed by atoms with E-state index in [0.29, 0.717) is 23.9 Å². The summed E-state index contributed by atoms with van der Waals surface area (Å²) in [6, 6.07) is 0. The number of nitrogens with one attached hydrogen (secondary N) is 2. The molecule has 1 atom stereocenters. The van der Waals surface area contributed by atoms with Crippen LogP contribution in [0.1, 0.15) is 31.2 Å². The summed E-state index contributed by atoms with van der Waals surface area (Å²) in [7, 11) is -3.58. The van der Waals surface area contributed by atoms with Crippen molar-refractivity contribution in [3.05, 3.63) is 11.4 Å². The summed E-state index contributed by atoms with van der Waals surface area (Å²) >= 11 is 0. The Morgan fingerprint density at radius 2 is 2.11 bits per heavy atom. The molecule has 1 aromatic heterocycles. The highest BCUT2D eigenvalue weighted by atomic mass is 32.2. The Labute approximate surface area is 107 Å². The molecule has 0 aromatic carbocycles. The number of aromatic nitrogens is 2. The number of H-pyrrole nitrogens is 1. The molecular weight excluding hydrogens is 252 g/mol. The molecule has 0 bridgehead atoms. The first-order valence-corrected chi connectivity index (χ1v) is 7.54. The number of nitrogens with two attached hydrogens (primary N) is 1. The van der Waals surface area contributed by atoms with Crippen LogP contribution in [-0.2, 0) is 10.0 Å². The predicted molar refractivity (Wildman–Crippen MR) is 68.6 cm³/mol. The molecular formula is C11H20N4O2S. The molecule has 6 nitrogen and oxygen atoms in total. The molecule has 1 aromatic rings. The van der Waals surface area contributed by atoms with Gasteiger partial charge in [0.25, 0.3) is 0 Å². The predicted octanol–water partition coefficient (Wildman–Crippen LogP) is 0.432. The van der Waals surface area contributed by atoms with Crippen LogP contribution in [0.5, 0.6) is 0 Å². The maximum atomic E-state index is 12.4. The number of nitrogens with zero attached hydrogens (tertiary/aromatic N) is 1. The van der Waals surface area contributed by atoms with Gasteiger partial charge in [-0.15, -0.1) is 0 Å². The fourth-order valence-electron chi connectivity index (χ4n) is 2.31. The lowest BCUT2D eigenvalue weighted by molar-refractivity contribution is 0.374. The second kappa shape index (κ2) is 4.32. The number of hydrogen-bond acceptors (Lipinski definition) is 4. The third kappa shape index (κ3) is 2.30. The van der Waals surface area contributed by atoms with Crippen molar-refractivity contribution < 1.29 is 8.42 Å². The average Bonchev–Trinajstić information content (AvgIpc) is 3.05. The van der Waals surface area contributed by atoms with Gasteiger partial charge in [0.05, 0.1) is 11.4 Å². The normalized spacial score (nSPS) is 19.8. The first-order chi connectivity index (χ1) is 8.30. The number of sulfonamides is 1. The molecule has 1 aliphatic carbocycles. The van der Waals surface area contributed by atoms with Crippen LogP contribution >= 0.6 is 0 Å². The lowest BCUT2D eigenvalue weighted by atomic mass is 9.98. The van der Waals surface area contributed by atoms with Crippen molar-refractivity contribution in [1.29, 1.82) is 0 Å². The molecule has 0 aliphatic heterocycles. The van der Waals surface area contributed by atoms with Gasteiger partial charge < -0.3 is 5.73 Å². The first-order valence-electron chi connectivity index (χ1n) is 6.06. The maximum Gasteiger partial charge on any atom is 0.244 e. The fraction of sp³-hybridized carbons (Fsp3) is 0.727. The van der Waals surface area contributed by atoms with E-state index in [1.807, 2.05) is 6.92 Å². The van der Waals surface area contributed by atoms with Gasteiger partial charge >= 0.3 is 0 Å². The van der Waals surface area contributed by atoms with Crippen LogP contribution in [0.3, 0.4) is 0 Å². The van der Waals surface area contributed by atoms with E-state index in [1.54, 1.807) is 13.8 Å². The molecule has 1 aliphatic rings. The lowest BCUT2D eigenvalue weighted by Crippen LogP contribution is -2.53. The Balaban J connectivity index is 2.32. The maximum absolute atomic E-state index is 12.4. The molecule has 1 unspecified atom stereocenters. The smallest absolute Gasteiger partial charge is 0.244 e. The van der Waals surface area contributed by atoms with Gasteiger partial charge in [0, 0.05) is 12.1 Å². The van der Waals surface area contributed by atoms with Gasteiger partial charge in [0.1, 0.15) is 4.90 Å². The molecule has 0 amide bonds. The van der Waals surface area contributed by atoms with Crippen molar-refractivity contribution in [3.8, 4) is 0 Å². The van der Waals surface area contributed by atoms with E-state index in [1.165, 1.54) is 0 Å². The van der Waals surface area contributed by atoms with Crippen molar-refractivity contribution in [2.24, 2.45) is 11.7 Å². The molecule has 1 heterocycles. The Bertz CT molecular complexity index is 528. The molecule has 18 heavy (non-hydrogen) atoms. The second-order valence-corrected chi connectivity index (χ2v) is 6.88. The minimum atomic E-state index is -3.58. The highest BCUT2D eigenvalue weighted by Crippen LogP contribution is 2.39. The van der Waals surface area contributed by atoms with Gasteiger partial charge in [-0.25, -0.2) is 13.1 Å². The Morgan fingerprint density at radius 1 is 1.50 bits per heavy atom. The third-order valence-corrected chi connectivity index (χ3v) is 5.47. The van der Waals surface area contributed by atoms with Gasteiger partial charge in [-0.1, -0.05) is 0 Å². The molecule has 7 heteroatoms. The summed E-state index contributed by atoms with van der Waals surface area (Å²) in [6.45, 7) is 5.54. The van der Waals surface area contributed by atoms with Crippen LogP contribution in [0.2, 0.25) is 0 Å². The zero-order valence-corrected chi connectivity index (χ0v) is 11.8. The largest absolute Gasteiger partial charge is 0.329 e. The highest BCUT2D eigenvalue weighted by Gasteiger charge is 2.44. The molecule has 1 saturated carbocycles. The summed E-state index contributed by atoms with van der Waals surface area (Å²) in [5, 5.41) is 6.61. The van der Waals surface area contributed by atoms with E-state index in [2.05, 4.69) is 14.9 Å². The van der Waals surface area contributed by atoms with Gasteiger partial charge in [-0.05, 0) is 39.5 Å². The molecule has 0 spiro atoms. The minimum absolute atomic E-state index is 0.239.